The lowest BCUT2D eigenvalue weighted by molar-refractivity contribution is -0.148. The summed E-state index contributed by atoms with van der Waals surface area (Å²) in [7, 11) is 0. The molecule has 2 N–H and O–H groups in total. The van der Waals surface area contributed by atoms with Crippen molar-refractivity contribution in [3.8, 4) is 0 Å². The van der Waals surface area contributed by atoms with Gasteiger partial charge in [0.05, 0.1) is 16.7 Å². The van der Waals surface area contributed by atoms with Crippen molar-refractivity contribution in [3.05, 3.63) is 29.6 Å². The Bertz CT molecular complexity index is 510. The Morgan fingerprint density at radius 1 is 1.24 bits per heavy atom. The molecule has 0 amide bonds. The molecular formula is C14H17F4NO2. The highest BCUT2D eigenvalue weighted by Gasteiger charge is 2.35. The molecule has 0 fully saturated rings. The summed E-state index contributed by atoms with van der Waals surface area (Å²) < 4.78 is 50.9. The molecule has 0 bridgehead atoms. The lowest BCUT2D eigenvalue weighted by atomic mass is 9.82. The predicted octanol–water partition coefficient (Wildman–Crippen LogP) is 4.15. The van der Waals surface area contributed by atoms with Crippen molar-refractivity contribution in [2.75, 3.05) is 11.9 Å². The Hall–Kier alpha value is -1.79. The Morgan fingerprint density at radius 2 is 1.81 bits per heavy atom. The molecule has 0 aliphatic heterocycles. The van der Waals surface area contributed by atoms with E-state index in [9.17, 15) is 27.5 Å². The number of halogens is 4. The standard InChI is InChI=1S/C14H17F4NO2/c1-3-13(4-2,12(20)21)8-19-11-6-5-9(7-10(11)15)14(16,17)18/h5-7,19H,3-4,8H2,1-2H3,(H,20,21). The number of hydrogen-bond donors (Lipinski definition) is 2. The van der Waals surface area contributed by atoms with Crippen LogP contribution in [0.5, 0.6) is 0 Å². The van der Waals surface area contributed by atoms with Crippen LogP contribution in [0.1, 0.15) is 32.3 Å². The number of hydrogen-bond acceptors (Lipinski definition) is 2. The van der Waals surface area contributed by atoms with Crippen molar-refractivity contribution in [3.63, 3.8) is 0 Å². The van der Waals surface area contributed by atoms with Gasteiger partial charge in [0, 0.05) is 6.54 Å². The van der Waals surface area contributed by atoms with Gasteiger partial charge in [-0.25, -0.2) is 4.39 Å². The molecule has 0 aliphatic rings. The van der Waals surface area contributed by atoms with Crippen LogP contribution >= 0.6 is 0 Å². The van der Waals surface area contributed by atoms with Crippen LogP contribution in [-0.4, -0.2) is 17.6 Å². The van der Waals surface area contributed by atoms with Crippen LogP contribution in [0.25, 0.3) is 0 Å². The van der Waals surface area contributed by atoms with Gasteiger partial charge in [-0.1, -0.05) is 13.8 Å². The van der Waals surface area contributed by atoms with E-state index in [0.29, 0.717) is 18.9 Å². The average Bonchev–Trinajstić information content (AvgIpc) is 2.40. The van der Waals surface area contributed by atoms with Crippen molar-refractivity contribution in [2.24, 2.45) is 5.41 Å². The second kappa shape index (κ2) is 6.32. The van der Waals surface area contributed by atoms with E-state index in [-0.39, 0.29) is 12.2 Å². The van der Waals surface area contributed by atoms with E-state index in [4.69, 9.17) is 0 Å². The van der Waals surface area contributed by atoms with E-state index in [1.54, 1.807) is 13.8 Å². The maximum atomic E-state index is 13.7. The van der Waals surface area contributed by atoms with Crippen molar-refractivity contribution in [1.29, 1.82) is 0 Å². The van der Waals surface area contributed by atoms with Crippen LogP contribution in [0.3, 0.4) is 0 Å². The zero-order valence-electron chi connectivity index (χ0n) is 11.7. The summed E-state index contributed by atoms with van der Waals surface area (Å²) in [4.78, 5) is 11.3. The summed E-state index contributed by atoms with van der Waals surface area (Å²) in [6.07, 6.45) is -3.96. The van der Waals surface area contributed by atoms with Gasteiger partial charge in [-0.05, 0) is 31.0 Å². The molecule has 3 nitrogen and oxygen atoms in total. The maximum Gasteiger partial charge on any atom is 0.416 e. The largest absolute Gasteiger partial charge is 0.481 e. The van der Waals surface area contributed by atoms with Gasteiger partial charge >= 0.3 is 12.1 Å². The molecule has 0 saturated heterocycles. The molecule has 1 aromatic carbocycles. The third-order valence-electron chi connectivity index (χ3n) is 3.72. The summed E-state index contributed by atoms with van der Waals surface area (Å²) in [6.45, 7) is 3.34. The normalized spacial score (nSPS) is 12.3. The van der Waals surface area contributed by atoms with Gasteiger partial charge in [-0.2, -0.15) is 13.2 Å². The first kappa shape index (κ1) is 17.3. The highest BCUT2D eigenvalue weighted by molar-refractivity contribution is 5.75. The summed E-state index contributed by atoms with van der Waals surface area (Å²) in [5.41, 5.74) is -2.30. The number of carboxylic acids is 1. The van der Waals surface area contributed by atoms with E-state index < -0.39 is 28.9 Å². The second-order valence-electron chi connectivity index (χ2n) is 4.84. The van der Waals surface area contributed by atoms with Crippen LogP contribution < -0.4 is 5.32 Å². The zero-order chi connectivity index (χ0) is 16.3. The summed E-state index contributed by atoms with van der Waals surface area (Å²) >= 11 is 0. The molecule has 0 aromatic heterocycles. The molecule has 118 valence electrons. The number of rotatable bonds is 6. The van der Waals surface area contributed by atoms with Crippen molar-refractivity contribution in [1.82, 2.24) is 0 Å². The fourth-order valence-corrected chi connectivity index (χ4v) is 1.98. The van der Waals surface area contributed by atoms with Gasteiger partial charge < -0.3 is 10.4 Å². The highest BCUT2D eigenvalue weighted by atomic mass is 19.4. The van der Waals surface area contributed by atoms with Gasteiger partial charge in [0.15, 0.2) is 0 Å². The van der Waals surface area contributed by atoms with E-state index >= 15 is 0 Å². The number of aliphatic carboxylic acids is 1. The van der Waals surface area contributed by atoms with Crippen LogP contribution in [0.15, 0.2) is 18.2 Å². The number of nitrogens with one attached hydrogen (secondary N) is 1. The summed E-state index contributed by atoms with van der Waals surface area (Å²) in [6, 6.07) is 2.12. The van der Waals surface area contributed by atoms with Gasteiger partial charge in [-0.15, -0.1) is 0 Å². The number of carbonyl (C=O) groups is 1. The van der Waals surface area contributed by atoms with Gasteiger partial charge in [0.1, 0.15) is 5.82 Å². The lowest BCUT2D eigenvalue weighted by Gasteiger charge is -2.27. The minimum Gasteiger partial charge on any atom is -0.481 e. The smallest absolute Gasteiger partial charge is 0.416 e. The quantitative estimate of drug-likeness (QED) is 0.776. The van der Waals surface area contributed by atoms with Gasteiger partial charge in [-0.3, -0.25) is 4.79 Å². The Labute approximate surface area is 120 Å². The molecule has 7 heteroatoms. The van der Waals surface area contributed by atoms with E-state index in [2.05, 4.69) is 5.32 Å². The van der Waals surface area contributed by atoms with Crippen LogP contribution in [0, 0.1) is 11.2 Å². The maximum absolute atomic E-state index is 13.7. The minimum atomic E-state index is -4.61. The average molecular weight is 307 g/mol. The Morgan fingerprint density at radius 3 is 2.19 bits per heavy atom. The number of carboxylic acid groups (broad SMARTS) is 1. The minimum absolute atomic E-state index is 0.0579. The fourth-order valence-electron chi connectivity index (χ4n) is 1.98. The van der Waals surface area contributed by atoms with Crippen molar-refractivity contribution in [2.45, 2.75) is 32.9 Å². The van der Waals surface area contributed by atoms with Crippen LogP contribution in [-0.2, 0) is 11.0 Å². The molecule has 21 heavy (non-hydrogen) atoms. The molecule has 0 radical (unpaired) electrons. The second-order valence-corrected chi connectivity index (χ2v) is 4.84. The predicted molar refractivity (Wildman–Crippen MR) is 70.5 cm³/mol. The zero-order valence-corrected chi connectivity index (χ0v) is 11.7. The summed E-state index contributed by atoms with van der Waals surface area (Å²) in [5, 5.41) is 11.8. The molecule has 0 unspecified atom stereocenters. The van der Waals surface area contributed by atoms with Gasteiger partial charge in [0.25, 0.3) is 0 Å². The molecule has 0 saturated carbocycles. The first-order chi connectivity index (χ1) is 9.66. The van der Waals surface area contributed by atoms with E-state index in [1.165, 1.54) is 0 Å². The summed E-state index contributed by atoms with van der Waals surface area (Å²) in [5.74, 6) is -2.08. The third-order valence-corrected chi connectivity index (χ3v) is 3.72. The number of benzene rings is 1. The van der Waals surface area contributed by atoms with Gasteiger partial charge in [0.2, 0.25) is 0 Å². The molecule has 1 rings (SSSR count). The van der Waals surface area contributed by atoms with Crippen molar-refractivity contribution < 1.29 is 27.5 Å². The number of alkyl halides is 3. The van der Waals surface area contributed by atoms with E-state index in [0.717, 1.165) is 12.1 Å². The van der Waals surface area contributed by atoms with Crippen molar-refractivity contribution >= 4 is 11.7 Å². The number of anilines is 1. The molecule has 0 heterocycles. The molecule has 0 atom stereocenters. The molecule has 0 aliphatic carbocycles. The third kappa shape index (κ3) is 3.86. The molecule has 0 spiro atoms. The fraction of sp³-hybridized carbons (Fsp3) is 0.500. The molecule has 1 aromatic rings. The topological polar surface area (TPSA) is 49.3 Å². The van der Waals surface area contributed by atoms with E-state index in [1.807, 2.05) is 0 Å². The Balaban J connectivity index is 2.92. The monoisotopic (exact) mass is 307 g/mol. The molecular weight excluding hydrogens is 290 g/mol. The lowest BCUT2D eigenvalue weighted by Crippen LogP contribution is -2.37. The Kier molecular flexibility index (Phi) is 5.20. The van der Waals surface area contributed by atoms with Crippen LogP contribution in [0.2, 0.25) is 0 Å². The first-order valence-corrected chi connectivity index (χ1v) is 6.50. The first-order valence-electron chi connectivity index (χ1n) is 6.50. The van der Waals surface area contributed by atoms with Crippen LogP contribution in [0.4, 0.5) is 23.2 Å². The SMILES string of the molecule is CCC(CC)(CNc1ccc(C(F)(F)F)cc1F)C(=O)O. The highest BCUT2D eigenvalue weighted by Crippen LogP contribution is 2.32.